The van der Waals surface area contributed by atoms with Crippen molar-refractivity contribution in [3.63, 3.8) is 0 Å². The summed E-state index contributed by atoms with van der Waals surface area (Å²) in [6.45, 7) is 0.738. The van der Waals surface area contributed by atoms with Gasteiger partial charge in [-0.15, -0.1) is 11.6 Å². The van der Waals surface area contributed by atoms with Crippen molar-refractivity contribution in [3.05, 3.63) is 24.0 Å². The maximum Gasteiger partial charge on any atom is 0.257 e. The Bertz CT molecular complexity index is 423. The predicted molar refractivity (Wildman–Crippen MR) is 69.9 cm³/mol. The van der Waals surface area contributed by atoms with Crippen LogP contribution in [0.2, 0.25) is 0 Å². The Kier molecular flexibility index (Phi) is 4.42. The number of alkyl halides is 1. The Balaban J connectivity index is 2.18. The zero-order chi connectivity index (χ0) is 13.0. The average Bonchev–Trinajstić information content (AvgIpc) is 2.40. The fourth-order valence-electron chi connectivity index (χ4n) is 2.42. The van der Waals surface area contributed by atoms with E-state index in [0.717, 1.165) is 32.2 Å². The molecule has 1 atom stereocenters. The Morgan fingerprint density at radius 2 is 2.39 bits per heavy atom. The van der Waals surface area contributed by atoms with Gasteiger partial charge in [-0.3, -0.25) is 9.78 Å². The van der Waals surface area contributed by atoms with Crippen molar-refractivity contribution >= 4 is 17.5 Å². The Morgan fingerprint density at radius 1 is 1.56 bits per heavy atom. The number of piperidine rings is 1. The van der Waals surface area contributed by atoms with Crippen LogP contribution in [0.1, 0.15) is 36.0 Å². The highest BCUT2D eigenvalue weighted by Gasteiger charge is 2.28. The molecule has 0 spiro atoms. The second-order valence-corrected chi connectivity index (χ2v) is 4.90. The number of hydrogen-bond donors (Lipinski definition) is 1. The molecule has 0 saturated carbocycles. The fraction of sp³-hybridized carbons (Fsp3) is 0.538. The van der Waals surface area contributed by atoms with Crippen LogP contribution in [0.25, 0.3) is 0 Å². The van der Waals surface area contributed by atoms with E-state index in [0.29, 0.717) is 11.4 Å². The second-order valence-electron chi connectivity index (χ2n) is 4.52. The van der Waals surface area contributed by atoms with Crippen molar-refractivity contribution in [2.45, 2.75) is 31.7 Å². The maximum absolute atomic E-state index is 12.4. The van der Waals surface area contributed by atoms with Crippen molar-refractivity contribution in [1.29, 1.82) is 0 Å². The van der Waals surface area contributed by atoms with Crippen LogP contribution < -0.4 is 0 Å². The molecule has 18 heavy (non-hydrogen) atoms. The number of halogens is 1. The molecular weight excluding hydrogens is 252 g/mol. The third-order valence-electron chi connectivity index (χ3n) is 3.36. The fourth-order valence-corrected chi connectivity index (χ4v) is 2.67. The molecule has 1 unspecified atom stereocenters. The molecule has 1 N–H and O–H groups in total. The van der Waals surface area contributed by atoms with Gasteiger partial charge in [0.1, 0.15) is 5.75 Å². The zero-order valence-electron chi connectivity index (χ0n) is 10.2. The van der Waals surface area contributed by atoms with Gasteiger partial charge in [0, 0.05) is 24.7 Å². The molecule has 4 nitrogen and oxygen atoms in total. The van der Waals surface area contributed by atoms with E-state index in [-0.39, 0.29) is 17.7 Å². The minimum Gasteiger partial charge on any atom is -0.505 e. The summed E-state index contributed by atoms with van der Waals surface area (Å²) in [4.78, 5) is 18.0. The smallest absolute Gasteiger partial charge is 0.257 e. The molecule has 1 aromatic rings. The van der Waals surface area contributed by atoms with Crippen LogP contribution in [0.15, 0.2) is 18.5 Å². The largest absolute Gasteiger partial charge is 0.505 e. The van der Waals surface area contributed by atoms with Gasteiger partial charge in [0.25, 0.3) is 5.91 Å². The number of pyridine rings is 1. The van der Waals surface area contributed by atoms with Crippen molar-refractivity contribution in [2.24, 2.45) is 0 Å². The van der Waals surface area contributed by atoms with Crippen molar-refractivity contribution in [2.75, 3.05) is 12.4 Å². The number of aromatic hydroxyl groups is 1. The highest BCUT2D eigenvalue weighted by Crippen LogP contribution is 2.25. The molecule has 0 aliphatic carbocycles. The molecule has 0 bridgehead atoms. The molecule has 1 aliphatic heterocycles. The molecular formula is C13H17ClN2O2. The highest BCUT2D eigenvalue weighted by molar-refractivity contribution is 6.17. The zero-order valence-corrected chi connectivity index (χ0v) is 10.9. The van der Waals surface area contributed by atoms with Gasteiger partial charge in [0.05, 0.1) is 11.8 Å². The van der Waals surface area contributed by atoms with E-state index in [9.17, 15) is 9.90 Å². The Morgan fingerprint density at radius 3 is 3.11 bits per heavy atom. The number of likely N-dealkylation sites (tertiary alicyclic amines) is 1. The minimum atomic E-state index is -0.121. The summed E-state index contributed by atoms with van der Waals surface area (Å²) in [5.74, 6) is 0.374. The maximum atomic E-state index is 12.4. The lowest BCUT2D eigenvalue weighted by Gasteiger charge is -2.35. The summed E-state index contributed by atoms with van der Waals surface area (Å²) in [7, 11) is 0. The first-order valence-corrected chi connectivity index (χ1v) is 6.77. The first kappa shape index (κ1) is 13.1. The van der Waals surface area contributed by atoms with E-state index in [1.807, 2.05) is 4.90 Å². The highest BCUT2D eigenvalue weighted by atomic mass is 35.5. The molecule has 1 aromatic heterocycles. The number of amides is 1. The molecule has 0 aromatic carbocycles. The SMILES string of the molecule is O=C(c1ccncc1O)N1CCCCC1CCCl. The van der Waals surface area contributed by atoms with Crippen molar-refractivity contribution < 1.29 is 9.90 Å². The van der Waals surface area contributed by atoms with Gasteiger partial charge in [-0.2, -0.15) is 0 Å². The number of aromatic nitrogens is 1. The normalized spacial score (nSPS) is 19.8. The van der Waals surface area contributed by atoms with E-state index in [2.05, 4.69) is 4.98 Å². The molecule has 98 valence electrons. The standard InChI is InChI=1S/C13H17ClN2O2/c14-6-4-10-3-1-2-8-16(10)13(18)11-5-7-15-9-12(11)17/h5,7,9-10,17H,1-4,6,8H2. The van der Waals surface area contributed by atoms with Gasteiger partial charge in [0.2, 0.25) is 0 Å². The van der Waals surface area contributed by atoms with Crippen LogP contribution in [-0.4, -0.2) is 39.4 Å². The van der Waals surface area contributed by atoms with E-state index in [4.69, 9.17) is 11.6 Å². The van der Waals surface area contributed by atoms with Crippen molar-refractivity contribution in [3.8, 4) is 5.75 Å². The summed E-state index contributed by atoms with van der Waals surface area (Å²) in [5, 5.41) is 9.69. The minimum absolute atomic E-state index is 0.0577. The van der Waals surface area contributed by atoms with Gasteiger partial charge in [-0.1, -0.05) is 0 Å². The lowest BCUT2D eigenvalue weighted by atomic mass is 9.99. The number of rotatable bonds is 3. The molecule has 5 heteroatoms. The molecule has 2 heterocycles. The number of nitrogens with zero attached hydrogens (tertiary/aromatic N) is 2. The summed E-state index contributed by atoms with van der Waals surface area (Å²) in [5.41, 5.74) is 0.325. The van der Waals surface area contributed by atoms with Crippen LogP contribution in [0.3, 0.4) is 0 Å². The van der Waals surface area contributed by atoms with Crippen LogP contribution >= 0.6 is 11.6 Å². The number of carbonyl (C=O) groups excluding carboxylic acids is 1. The van der Waals surface area contributed by atoms with Crippen molar-refractivity contribution in [1.82, 2.24) is 9.88 Å². The first-order chi connectivity index (χ1) is 8.74. The first-order valence-electron chi connectivity index (χ1n) is 6.24. The molecule has 0 radical (unpaired) electrons. The van der Waals surface area contributed by atoms with Gasteiger partial charge in [-0.25, -0.2) is 0 Å². The van der Waals surface area contributed by atoms with Gasteiger partial charge in [-0.05, 0) is 31.7 Å². The van der Waals surface area contributed by atoms with Gasteiger partial charge < -0.3 is 10.0 Å². The summed E-state index contributed by atoms with van der Waals surface area (Å²) in [6, 6.07) is 1.75. The van der Waals surface area contributed by atoms with E-state index >= 15 is 0 Å². The summed E-state index contributed by atoms with van der Waals surface area (Å²) in [6.07, 6.45) is 6.76. The van der Waals surface area contributed by atoms with E-state index in [1.54, 1.807) is 6.07 Å². The molecule has 2 rings (SSSR count). The Hall–Kier alpha value is -1.29. The lowest BCUT2D eigenvalue weighted by Crippen LogP contribution is -2.44. The Labute approximate surface area is 112 Å². The van der Waals surface area contributed by atoms with Crippen LogP contribution in [0.4, 0.5) is 0 Å². The van der Waals surface area contributed by atoms with E-state index in [1.165, 1.54) is 12.4 Å². The third kappa shape index (κ3) is 2.75. The monoisotopic (exact) mass is 268 g/mol. The molecule has 1 aliphatic rings. The van der Waals surface area contributed by atoms with Crippen LogP contribution in [0, 0.1) is 0 Å². The molecule has 1 saturated heterocycles. The quantitative estimate of drug-likeness (QED) is 0.857. The number of carbonyl (C=O) groups is 1. The lowest BCUT2D eigenvalue weighted by molar-refractivity contribution is 0.0606. The molecule has 1 amide bonds. The van der Waals surface area contributed by atoms with Gasteiger partial charge >= 0.3 is 0 Å². The predicted octanol–water partition coefficient (Wildman–Crippen LogP) is 2.41. The van der Waals surface area contributed by atoms with Gasteiger partial charge in [0.15, 0.2) is 0 Å². The van der Waals surface area contributed by atoms with Crippen LogP contribution in [0.5, 0.6) is 5.75 Å². The molecule has 1 fully saturated rings. The average molecular weight is 269 g/mol. The second kappa shape index (κ2) is 6.05. The number of hydrogen-bond acceptors (Lipinski definition) is 3. The summed E-state index contributed by atoms with van der Waals surface area (Å²) >= 11 is 5.78. The van der Waals surface area contributed by atoms with Crippen LogP contribution in [-0.2, 0) is 0 Å². The third-order valence-corrected chi connectivity index (χ3v) is 3.58. The summed E-state index contributed by atoms with van der Waals surface area (Å²) < 4.78 is 0. The van der Waals surface area contributed by atoms with E-state index < -0.39 is 0 Å². The topological polar surface area (TPSA) is 53.4 Å².